The number of carbonyl (C=O) groups excluding carboxylic acids is 1. The van der Waals surface area contributed by atoms with Crippen LogP contribution in [0.25, 0.3) is 0 Å². The van der Waals surface area contributed by atoms with Crippen LogP contribution in [0.1, 0.15) is 134 Å². The van der Waals surface area contributed by atoms with E-state index in [1.807, 2.05) is 24.3 Å². The van der Waals surface area contributed by atoms with Gasteiger partial charge in [0.1, 0.15) is 5.75 Å². The van der Waals surface area contributed by atoms with Crippen LogP contribution in [-0.2, 0) is 15.8 Å². The largest absolute Gasteiger partial charge is 0.493 e. The number of ether oxygens (including phenoxy) is 1. The van der Waals surface area contributed by atoms with Crippen LogP contribution in [0.5, 0.6) is 5.75 Å². The molecule has 8 heteroatoms. The van der Waals surface area contributed by atoms with E-state index in [1.54, 1.807) is 0 Å². The van der Waals surface area contributed by atoms with Crippen molar-refractivity contribution >= 4 is 13.5 Å². The van der Waals surface area contributed by atoms with E-state index in [0.717, 1.165) is 37.2 Å². The highest BCUT2D eigenvalue weighted by Crippen LogP contribution is 2.36. The highest BCUT2D eigenvalue weighted by molar-refractivity contribution is 7.51. The predicted molar refractivity (Wildman–Crippen MR) is 167 cm³/mol. The summed E-state index contributed by atoms with van der Waals surface area (Å²) in [5.74, 6) is 1.22. The normalized spacial score (nSPS) is 15.9. The Morgan fingerprint density at radius 2 is 1.41 bits per heavy atom. The molecule has 0 aliphatic heterocycles. The summed E-state index contributed by atoms with van der Waals surface area (Å²) in [6.45, 7) is 2.97. The first-order valence-electron chi connectivity index (χ1n) is 16.5. The molecule has 0 radical (unpaired) electrons. The van der Waals surface area contributed by atoms with E-state index < -0.39 is 25.9 Å². The first-order valence-corrected chi connectivity index (χ1v) is 18.3. The summed E-state index contributed by atoms with van der Waals surface area (Å²) in [4.78, 5) is 31.5. The quantitative estimate of drug-likeness (QED) is 0.0761. The molecule has 0 spiro atoms. The maximum absolute atomic E-state index is 12.7. The Morgan fingerprint density at radius 3 is 1.95 bits per heavy atom. The predicted octanol–water partition coefficient (Wildman–Crippen LogP) is 7.69. The molecule has 236 valence electrons. The van der Waals surface area contributed by atoms with Crippen molar-refractivity contribution in [3.05, 3.63) is 29.8 Å². The summed E-state index contributed by atoms with van der Waals surface area (Å²) < 4.78 is 17.5. The molecule has 41 heavy (non-hydrogen) atoms. The fraction of sp³-hybridized carbons (Fsp3) is 0.788. The van der Waals surface area contributed by atoms with Crippen molar-refractivity contribution in [2.24, 2.45) is 5.92 Å². The van der Waals surface area contributed by atoms with E-state index in [4.69, 9.17) is 4.74 Å². The Balaban J connectivity index is 1.69. The molecule has 1 saturated carbocycles. The van der Waals surface area contributed by atoms with Gasteiger partial charge in [-0.15, -0.1) is 0 Å². The van der Waals surface area contributed by atoms with Gasteiger partial charge in [0.25, 0.3) is 0 Å². The smallest absolute Gasteiger partial charge is 0.328 e. The van der Waals surface area contributed by atoms with Crippen molar-refractivity contribution in [2.45, 2.75) is 147 Å². The number of unbranched alkanes of at least 4 members (excludes halogenated alkanes) is 12. The van der Waals surface area contributed by atoms with E-state index in [2.05, 4.69) is 12.2 Å². The zero-order chi connectivity index (χ0) is 29.8. The molecule has 7 nitrogen and oxygen atoms in total. The molecule has 1 amide bonds. The van der Waals surface area contributed by atoms with Crippen molar-refractivity contribution in [3.63, 3.8) is 0 Å². The van der Waals surface area contributed by atoms with Gasteiger partial charge in [0.05, 0.1) is 24.9 Å². The van der Waals surface area contributed by atoms with Gasteiger partial charge in [-0.2, -0.15) is 0 Å². The molecular formula is C33H58NO6P. The minimum absolute atomic E-state index is 0.185. The van der Waals surface area contributed by atoms with Gasteiger partial charge in [-0.05, 0) is 49.3 Å². The van der Waals surface area contributed by atoms with E-state index in [-0.39, 0.29) is 12.3 Å². The molecule has 1 aliphatic carbocycles. The highest BCUT2D eigenvalue weighted by Gasteiger charge is 2.28. The van der Waals surface area contributed by atoms with Crippen molar-refractivity contribution in [3.8, 4) is 5.75 Å². The lowest BCUT2D eigenvalue weighted by atomic mass is 9.90. The minimum Gasteiger partial charge on any atom is -0.493 e. The van der Waals surface area contributed by atoms with Crippen LogP contribution in [0.4, 0.5) is 0 Å². The number of carbonyl (C=O) groups is 1. The molecule has 0 aromatic heterocycles. The van der Waals surface area contributed by atoms with Gasteiger partial charge in [-0.1, -0.05) is 115 Å². The summed E-state index contributed by atoms with van der Waals surface area (Å²) in [6.07, 6.45) is 21.0. The molecule has 0 heterocycles. The van der Waals surface area contributed by atoms with Gasteiger partial charge in [-0.3, -0.25) is 9.36 Å². The number of benzene rings is 1. The van der Waals surface area contributed by atoms with Crippen molar-refractivity contribution in [2.75, 3.05) is 12.8 Å². The number of hydrogen-bond acceptors (Lipinski definition) is 4. The maximum Gasteiger partial charge on any atom is 0.328 e. The van der Waals surface area contributed by atoms with Crippen LogP contribution in [0, 0.1) is 5.92 Å². The average Bonchev–Trinajstić information content (AvgIpc) is 2.94. The van der Waals surface area contributed by atoms with E-state index in [9.17, 15) is 24.3 Å². The second-order valence-corrected chi connectivity index (χ2v) is 13.9. The third kappa shape index (κ3) is 18.0. The highest BCUT2D eigenvalue weighted by atomic mass is 31.2. The van der Waals surface area contributed by atoms with Crippen LogP contribution in [0.2, 0.25) is 0 Å². The van der Waals surface area contributed by atoms with Crippen LogP contribution in [0.15, 0.2) is 24.3 Å². The number of nitrogens with one attached hydrogen (secondary N) is 1. The SMILES string of the molecule is CCCCCCCCCCCCCCCC(=O)N[C@H](Cc1ccc(OCC2CCCCC2)cc1)C(O)CP(=O)(O)O. The molecule has 0 saturated heterocycles. The molecule has 2 atom stereocenters. The monoisotopic (exact) mass is 595 g/mol. The summed E-state index contributed by atoms with van der Waals surface area (Å²) in [5, 5.41) is 13.4. The second-order valence-electron chi connectivity index (χ2n) is 12.2. The number of aliphatic hydroxyl groups excluding tert-OH is 1. The molecule has 1 fully saturated rings. The third-order valence-corrected chi connectivity index (χ3v) is 9.18. The Morgan fingerprint density at radius 1 is 0.878 bits per heavy atom. The Hall–Kier alpha value is -1.40. The number of rotatable bonds is 23. The van der Waals surface area contributed by atoms with Crippen molar-refractivity contribution < 1.29 is 29.0 Å². The third-order valence-electron chi connectivity index (χ3n) is 8.33. The molecule has 1 aliphatic rings. The lowest BCUT2D eigenvalue weighted by molar-refractivity contribution is -0.122. The fourth-order valence-electron chi connectivity index (χ4n) is 5.78. The first-order chi connectivity index (χ1) is 19.8. The van der Waals surface area contributed by atoms with E-state index in [1.165, 1.54) is 96.3 Å². The second kappa shape index (κ2) is 21.3. The zero-order valence-corrected chi connectivity index (χ0v) is 26.5. The van der Waals surface area contributed by atoms with Gasteiger partial charge in [-0.25, -0.2) is 0 Å². The van der Waals surface area contributed by atoms with Gasteiger partial charge in [0.15, 0.2) is 0 Å². The Labute approximate surface area is 249 Å². The lowest BCUT2D eigenvalue weighted by Crippen LogP contribution is -2.46. The number of amides is 1. The standard InChI is InChI=1S/C33H58NO6P/c1-2-3-4-5-6-7-8-9-10-11-12-13-17-20-33(36)34-31(32(35)27-41(37,38)39)25-28-21-23-30(24-22-28)40-26-29-18-15-14-16-19-29/h21-24,29,31-32,35H,2-20,25-27H2,1H3,(H,34,36)(H2,37,38,39)/t31-,32?/m1/s1. The molecule has 1 aromatic rings. The summed E-state index contributed by atoms with van der Waals surface area (Å²) in [6, 6.07) is 6.80. The van der Waals surface area contributed by atoms with E-state index in [0.29, 0.717) is 12.3 Å². The van der Waals surface area contributed by atoms with Crippen LogP contribution in [-0.4, -0.2) is 45.7 Å². The molecular weight excluding hydrogens is 537 g/mol. The van der Waals surface area contributed by atoms with Gasteiger partial charge >= 0.3 is 7.60 Å². The van der Waals surface area contributed by atoms with Crippen molar-refractivity contribution in [1.29, 1.82) is 0 Å². The Bertz CT molecular complexity index is 852. The van der Waals surface area contributed by atoms with Crippen LogP contribution >= 0.6 is 7.60 Å². The summed E-state index contributed by atoms with van der Waals surface area (Å²) in [7, 11) is -4.43. The molecule has 1 unspecified atom stereocenters. The molecule has 0 bridgehead atoms. The average molecular weight is 596 g/mol. The van der Waals surface area contributed by atoms with Gasteiger partial charge < -0.3 is 24.9 Å². The van der Waals surface area contributed by atoms with Crippen LogP contribution < -0.4 is 10.1 Å². The number of hydrogen-bond donors (Lipinski definition) is 4. The first kappa shape index (κ1) is 35.8. The van der Waals surface area contributed by atoms with E-state index >= 15 is 0 Å². The topological polar surface area (TPSA) is 116 Å². The minimum atomic E-state index is -4.43. The fourth-order valence-corrected chi connectivity index (χ4v) is 6.52. The summed E-state index contributed by atoms with van der Waals surface area (Å²) >= 11 is 0. The Kier molecular flexibility index (Phi) is 18.6. The van der Waals surface area contributed by atoms with Crippen LogP contribution in [0.3, 0.4) is 0 Å². The molecule has 2 rings (SSSR count). The lowest BCUT2D eigenvalue weighted by Gasteiger charge is -2.25. The zero-order valence-electron chi connectivity index (χ0n) is 25.6. The van der Waals surface area contributed by atoms with Crippen molar-refractivity contribution in [1.82, 2.24) is 5.32 Å². The molecule has 4 N–H and O–H groups in total. The van der Waals surface area contributed by atoms with Gasteiger partial charge in [0, 0.05) is 6.42 Å². The van der Waals surface area contributed by atoms with Gasteiger partial charge in [0.2, 0.25) is 5.91 Å². The number of aliphatic hydroxyl groups is 1. The maximum atomic E-state index is 12.7. The molecule has 1 aromatic carbocycles. The summed E-state index contributed by atoms with van der Waals surface area (Å²) in [5.41, 5.74) is 0.867.